The van der Waals surface area contributed by atoms with Crippen LogP contribution in [0.2, 0.25) is 12.1 Å². The van der Waals surface area contributed by atoms with Crippen molar-refractivity contribution < 1.29 is 47.8 Å². The Hall–Kier alpha value is -0.673. The number of halogens is 2. The number of fused-ring (bicyclic) bond motifs is 2. The zero-order valence-corrected chi connectivity index (χ0v) is 27.6. The molecule has 0 aliphatic carbocycles. The minimum absolute atomic E-state index is 0. The van der Waals surface area contributed by atoms with Crippen LogP contribution in [0.5, 0.6) is 0 Å². The van der Waals surface area contributed by atoms with Gasteiger partial charge in [-0.1, -0.05) is 64.8 Å². The Morgan fingerprint density at radius 1 is 0.706 bits per heavy atom. The SMILES string of the molecule is Cc1cc2c(C(C)C)cccc2[cH-]1.Cc1cc2c(C(C)C)cccc2[cH-]1.[Cl-].[Cl-].[Hf+2]=[Si]1CCCC1. The quantitative estimate of drug-likeness (QED) is 0.226. The molecule has 0 atom stereocenters. The monoisotopic (exact) mass is 676 g/mol. The summed E-state index contributed by atoms with van der Waals surface area (Å²) in [5.41, 5.74) is 6.04. The Morgan fingerprint density at radius 3 is 1.38 bits per heavy atom. The fourth-order valence-electron chi connectivity index (χ4n) is 4.63. The average Bonchev–Trinajstić information content (AvgIpc) is 3.45. The van der Waals surface area contributed by atoms with Crippen LogP contribution in [0.1, 0.15) is 74.6 Å². The van der Waals surface area contributed by atoms with E-state index in [0.29, 0.717) is 17.3 Å². The summed E-state index contributed by atoms with van der Waals surface area (Å²) in [6.45, 7) is 13.3. The van der Waals surface area contributed by atoms with E-state index in [4.69, 9.17) is 0 Å². The molecule has 0 spiro atoms. The molecule has 1 aliphatic rings. The maximum absolute atomic E-state index is 2.28. The topological polar surface area (TPSA) is 0 Å². The van der Waals surface area contributed by atoms with Gasteiger partial charge in [0.2, 0.25) is 0 Å². The first-order valence-electron chi connectivity index (χ1n) is 12.1. The van der Waals surface area contributed by atoms with Crippen LogP contribution in [0.25, 0.3) is 21.5 Å². The summed E-state index contributed by atoms with van der Waals surface area (Å²) >= 11 is 1.55. The minimum atomic E-state index is 0. The first-order valence-corrected chi connectivity index (χ1v) is 19.4. The Kier molecular flexibility index (Phi) is 13.6. The molecule has 0 nitrogen and oxygen atoms in total. The summed E-state index contributed by atoms with van der Waals surface area (Å²) in [7, 11) is 0. The second kappa shape index (κ2) is 14.8. The van der Waals surface area contributed by atoms with Crippen molar-refractivity contribution in [1.82, 2.24) is 0 Å². The predicted octanol–water partition coefficient (Wildman–Crippen LogP) is 3.31. The fraction of sp³-hybridized carbons (Fsp3) is 0.400. The molecule has 0 aromatic heterocycles. The number of benzene rings is 2. The molecule has 1 saturated heterocycles. The van der Waals surface area contributed by atoms with Gasteiger partial charge in [-0.2, -0.15) is 12.1 Å². The summed E-state index contributed by atoms with van der Waals surface area (Å²) in [4.78, 5) is 0. The van der Waals surface area contributed by atoms with Gasteiger partial charge in [0.15, 0.2) is 0 Å². The molecule has 5 rings (SSSR count). The molecule has 0 saturated carbocycles. The Morgan fingerprint density at radius 2 is 1.09 bits per heavy atom. The van der Waals surface area contributed by atoms with Gasteiger partial charge in [-0.05, 0) is 11.8 Å². The molecule has 0 N–H and O–H groups in total. The average molecular weight is 676 g/mol. The van der Waals surface area contributed by atoms with Crippen LogP contribution in [-0.4, -0.2) is 5.49 Å². The summed E-state index contributed by atoms with van der Waals surface area (Å²) in [5.74, 6) is 1.23. The maximum atomic E-state index is 2.28. The Balaban J connectivity index is 0.000000263. The van der Waals surface area contributed by atoms with Gasteiger partial charge in [0.1, 0.15) is 0 Å². The van der Waals surface area contributed by atoms with Crippen molar-refractivity contribution >= 4 is 27.0 Å². The van der Waals surface area contributed by atoms with E-state index in [-0.39, 0.29) is 24.8 Å². The third kappa shape index (κ3) is 8.47. The van der Waals surface area contributed by atoms with Crippen molar-refractivity contribution in [2.45, 2.75) is 78.3 Å². The van der Waals surface area contributed by atoms with E-state index < -0.39 is 0 Å². The standard InChI is InChI=1S/2C13H15.C4H8Si.2ClH.Hf/c2*1-9(2)12-6-4-5-11-7-10(3)8-13(11)12;1-2-4-5-3-1;;;/h2*4-9H,1-3H3;1-4H2;2*1H;/q2*-1;;;;+2/p-2. The molecular weight excluding hydrogens is 638 g/mol. The molecule has 182 valence electrons. The van der Waals surface area contributed by atoms with Crippen molar-refractivity contribution in [3.05, 3.63) is 82.9 Å². The van der Waals surface area contributed by atoms with Crippen LogP contribution in [0, 0.1) is 13.8 Å². The van der Waals surface area contributed by atoms with Crippen LogP contribution in [0.15, 0.2) is 60.7 Å². The molecule has 34 heavy (non-hydrogen) atoms. The van der Waals surface area contributed by atoms with Gasteiger partial charge in [0.25, 0.3) is 0 Å². The van der Waals surface area contributed by atoms with E-state index in [1.165, 1.54) is 43.8 Å². The summed E-state index contributed by atoms with van der Waals surface area (Å²) < 4.78 is 0. The van der Waals surface area contributed by atoms with Crippen LogP contribution in [-0.2, 0) is 23.0 Å². The van der Waals surface area contributed by atoms with Crippen LogP contribution >= 0.6 is 0 Å². The van der Waals surface area contributed by atoms with Gasteiger partial charge in [-0.25, -0.2) is 0 Å². The molecule has 4 aromatic carbocycles. The number of aryl methyl sites for hydroxylation is 2. The summed E-state index contributed by atoms with van der Waals surface area (Å²) in [5, 5.41) is 5.61. The molecule has 0 amide bonds. The fourth-order valence-corrected chi connectivity index (χ4v) is 10.0. The Bertz CT molecular complexity index is 1090. The molecule has 1 heterocycles. The third-order valence-electron chi connectivity index (χ3n) is 6.31. The van der Waals surface area contributed by atoms with Crippen LogP contribution < -0.4 is 24.8 Å². The van der Waals surface area contributed by atoms with E-state index in [1.807, 2.05) is 0 Å². The normalized spacial score (nSPS) is 12.7. The van der Waals surface area contributed by atoms with E-state index in [9.17, 15) is 0 Å². The number of hydrogen-bond acceptors (Lipinski definition) is 0. The molecule has 0 radical (unpaired) electrons. The predicted molar refractivity (Wildman–Crippen MR) is 141 cm³/mol. The molecule has 1 fully saturated rings. The molecule has 4 heteroatoms. The van der Waals surface area contributed by atoms with Gasteiger partial charge < -0.3 is 24.8 Å². The van der Waals surface area contributed by atoms with E-state index >= 15 is 0 Å². The Labute approximate surface area is 234 Å². The molecular formula is C30H38Cl2HfSi-2. The second-order valence-electron chi connectivity index (χ2n) is 9.89. The van der Waals surface area contributed by atoms with Gasteiger partial charge >= 0.3 is 53.4 Å². The van der Waals surface area contributed by atoms with Crippen LogP contribution in [0.4, 0.5) is 0 Å². The summed E-state index contributed by atoms with van der Waals surface area (Å²) in [6, 6.07) is 25.5. The third-order valence-corrected chi connectivity index (χ3v) is 13.6. The number of hydrogen-bond donors (Lipinski definition) is 0. The summed E-state index contributed by atoms with van der Waals surface area (Å²) in [6.07, 6.45) is 3.13. The van der Waals surface area contributed by atoms with Gasteiger partial charge in [-0.3, -0.25) is 0 Å². The van der Waals surface area contributed by atoms with Crippen LogP contribution in [0.3, 0.4) is 0 Å². The van der Waals surface area contributed by atoms with Crippen molar-refractivity contribution in [2.75, 3.05) is 0 Å². The van der Waals surface area contributed by atoms with Crippen molar-refractivity contribution in [2.24, 2.45) is 0 Å². The first kappa shape index (κ1) is 31.4. The van der Waals surface area contributed by atoms with Gasteiger partial charge in [0, 0.05) is 0 Å². The van der Waals surface area contributed by atoms with Crippen molar-refractivity contribution in [1.29, 1.82) is 0 Å². The first-order chi connectivity index (χ1) is 15.3. The zero-order chi connectivity index (χ0) is 23.3. The molecule has 0 bridgehead atoms. The molecule has 1 aliphatic heterocycles. The van der Waals surface area contributed by atoms with E-state index in [1.54, 1.807) is 47.9 Å². The van der Waals surface area contributed by atoms with E-state index in [2.05, 4.69) is 102 Å². The molecule has 4 aromatic rings. The van der Waals surface area contributed by atoms with Crippen molar-refractivity contribution in [3.63, 3.8) is 0 Å². The van der Waals surface area contributed by atoms with Gasteiger partial charge in [0.05, 0.1) is 0 Å². The zero-order valence-electron chi connectivity index (χ0n) is 21.5. The second-order valence-corrected chi connectivity index (χ2v) is 19.7. The van der Waals surface area contributed by atoms with E-state index in [0.717, 1.165) is 0 Å². The number of rotatable bonds is 2. The van der Waals surface area contributed by atoms with Crippen molar-refractivity contribution in [3.8, 4) is 0 Å². The molecule has 0 unspecified atom stereocenters. The van der Waals surface area contributed by atoms with Gasteiger partial charge in [-0.15, -0.1) is 69.1 Å².